The van der Waals surface area contributed by atoms with Gasteiger partial charge in [0, 0.05) is 0 Å². The molecule has 0 atom stereocenters. The van der Waals surface area contributed by atoms with E-state index in [4.69, 9.17) is 0 Å². The Kier molecular flexibility index (Phi) is 5.70. The Balaban J connectivity index is 2.57. The minimum atomic E-state index is 0.397. The van der Waals surface area contributed by atoms with Gasteiger partial charge in [0.25, 0.3) is 0 Å². The lowest BCUT2D eigenvalue weighted by atomic mass is 10.0. The fraction of sp³-hybridized carbons (Fsp3) is 0.412. The van der Waals surface area contributed by atoms with Gasteiger partial charge in [0.15, 0.2) is 0 Å². The highest BCUT2D eigenvalue weighted by molar-refractivity contribution is 5.37. The summed E-state index contributed by atoms with van der Waals surface area (Å²) in [5, 5.41) is 9.76. The summed E-state index contributed by atoms with van der Waals surface area (Å²) in [6.07, 6.45) is 7.49. The second kappa shape index (κ2) is 7.05. The van der Waals surface area contributed by atoms with Gasteiger partial charge in [0.2, 0.25) is 0 Å². The summed E-state index contributed by atoms with van der Waals surface area (Å²) < 4.78 is 0. The molecule has 98 valence electrons. The third-order valence-corrected chi connectivity index (χ3v) is 3.00. The lowest BCUT2D eigenvalue weighted by Crippen LogP contribution is -1.86. The van der Waals surface area contributed by atoms with Crippen molar-refractivity contribution in [1.82, 2.24) is 0 Å². The molecule has 1 rings (SSSR count). The van der Waals surface area contributed by atoms with E-state index in [2.05, 4.69) is 39.0 Å². The van der Waals surface area contributed by atoms with Crippen molar-refractivity contribution in [2.45, 2.75) is 47.0 Å². The number of phenols is 1. The van der Waals surface area contributed by atoms with E-state index in [1.54, 1.807) is 6.07 Å². The number of phenolic OH excluding ortho intramolecular Hbond substituents is 1. The van der Waals surface area contributed by atoms with Crippen molar-refractivity contribution >= 4 is 0 Å². The highest BCUT2D eigenvalue weighted by atomic mass is 16.3. The molecule has 0 aliphatic carbocycles. The Labute approximate surface area is 111 Å². The number of benzene rings is 1. The van der Waals surface area contributed by atoms with Gasteiger partial charge in [0.1, 0.15) is 5.75 Å². The first-order chi connectivity index (χ1) is 8.49. The Morgan fingerprint density at radius 2 is 1.89 bits per heavy atom. The van der Waals surface area contributed by atoms with Crippen LogP contribution in [-0.4, -0.2) is 5.11 Å². The smallest absolute Gasteiger partial charge is 0.119 e. The topological polar surface area (TPSA) is 20.2 Å². The maximum absolute atomic E-state index is 9.76. The van der Waals surface area contributed by atoms with Gasteiger partial charge in [-0.05, 0) is 58.6 Å². The van der Waals surface area contributed by atoms with Gasteiger partial charge in [-0.1, -0.05) is 41.0 Å². The molecule has 1 aromatic rings. The molecule has 1 aromatic carbocycles. The fourth-order valence-electron chi connectivity index (χ4n) is 1.85. The molecule has 0 saturated heterocycles. The third-order valence-electron chi connectivity index (χ3n) is 3.00. The normalized spacial score (nSPS) is 11.4. The summed E-state index contributed by atoms with van der Waals surface area (Å²) in [4.78, 5) is 0. The summed E-state index contributed by atoms with van der Waals surface area (Å²) in [5.74, 6) is 0.397. The van der Waals surface area contributed by atoms with Gasteiger partial charge < -0.3 is 5.11 Å². The van der Waals surface area contributed by atoms with Gasteiger partial charge in [-0.25, -0.2) is 0 Å². The lowest BCUT2D eigenvalue weighted by Gasteiger charge is -2.04. The first-order valence-electron chi connectivity index (χ1n) is 6.56. The average molecular weight is 244 g/mol. The Morgan fingerprint density at radius 1 is 1.17 bits per heavy atom. The predicted molar refractivity (Wildman–Crippen MR) is 79.0 cm³/mol. The van der Waals surface area contributed by atoms with Crippen LogP contribution in [0.25, 0.3) is 0 Å². The zero-order chi connectivity index (χ0) is 13.5. The SMILES string of the molecule is CC(C)=CCC/C(C)=C/Cc1cc(C)ccc1O. The van der Waals surface area contributed by atoms with E-state index in [0.29, 0.717) is 5.75 Å². The molecular formula is C17H24O. The molecule has 0 aliphatic heterocycles. The van der Waals surface area contributed by atoms with E-state index in [1.165, 1.54) is 16.7 Å². The van der Waals surface area contributed by atoms with Gasteiger partial charge in [0.05, 0.1) is 0 Å². The van der Waals surface area contributed by atoms with Gasteiger partial charge in [-0.3, -0.25) is 0 Å². The van der Waals surface area contributed by atoms with Crippen LogP contribution in [0.3, 0.4) is 0 Å². The molecule has 0 aliphatic rings. The van der Waals surface area contributed by atoms with Crippen molar-refractivity contribution in [2.75, 3.05) is 0 Å². The Morgan fingerprint density at radius 3 is 2.56 bits per heavy atom. The van der Waals surface area contributed by atoms with E-state index < -0.39 is 0 Å². The summed E-state index contributed by atoms with van der Waals surface area (Å²) in [7, 11) is 0. The molecule has 0 fully saturated rings. The summed E-state index contributed by atoms with van der Waals surface area (Å²) >= 11 is 0. The van der Waals surface area contributed by atoms with Crippen molar-refractivity contribution in [2.24, 2.45) is 0 Å². The second-order valence-electron chi connectivity index (χ2n) is 5.21. The fourth-order valence-corrected chi connectivity index (χ4v) is 1.85. The molecule has 18 heavy (non-hydrogen) atoms. The number of hydrogen-bond donors (Lipinski definition) is 1. The second-order valence-corrected chi connectivity index (χ2v) is 5.21. The number of aromatic hydroxyl groups is 1. The van der Waals surface area contributed by atoms with Crippen molar-refractivity contribution in [3.8, 4) is 5.75 Å². The number of hydrogen-bond acceptors (Lipinski definition) is 1. The largest absolute Gasteiger partial charge is 0.508 e. The van der Waals surface area contributed by atoms with E-state index in [0.717, 1.165) is 24.8 Å². The first-order valence-corrected chi connectivity index (χ1v) is 6.56. The van der Waals surface area contributed by atoms with Gasteiger partial charge >= 0.3 is 0 Å². The van der Waals surface area contributed by atoms with Crippen LogP contribution in [0.2, 0.25) is 0 Å². The van der Waals surface area contributed by atoms with Crippen molar-refractivity contribution in [3.63, 3.8) is 0 Å². The predicted octanol–water partition coefficient (Wildman–Crippen LogP) is 4.94. The molecule has 1 nitrogen and oxygen atoms in total. The standard InChI is InChI=1S/C17H24O/c1-13(2)6-5-7-14(3)8-10-16-12-15(4)9-11-17(16)18/h6,8-9,11-12,18H,5,7,10H2,1-4H3/b14-8+. The zero-order valence-corrected chi connectivity index (χ0v) is 12.0. The molecule has 1 heteroatoms. The first kappa shape index (κ1) is 14.6. The summed E-state index contributed by atoms with van der Waals surface area (Å²) in [6, 6.07) is 5.76. The average Bonchev–Trinajstić information content (AvgIpc) is 2.30. The molecular weight excluding hydrogens is 220 g/mol. The van der Waals surface area contributed by atoms with Crippen LogP contribution in [0.1, 0.15) is 44.7 Å². The monoisotopic (exact) mass is 244 g/mol. The molecule has 0 unspecified atom stereocenters. The molecule has 1 N–H and O–H groups in total. The van der Waals surface area contributed by atoms with E-state index in [1.807, 2.05) is 13.0 Å². The van der Waals surface area contributed by atoms with Crippen LogP contribution in [0.4, 0.5) is 0 Å². The van der Waals surface area contributed by atoms with E-state index in [-0.39, 0.29) is 0 Å². The minimum absolute atomic E-state index is 0.397. The maximum Gasteiger partial charge on any atom is 0.119 e. The number of aryl methyl sites for hydroxylation is 1. The molecule has 0 aromatic heterocycles. The van der Waals surface area contributed by atoms with E-state index >= 15 is 0 Å². The number of rotatable bonds is 5. The van der Waals surface area contributed by atoms with Gasteiger partial charge in [-0.2, -0.15) is 0 Å². The van der Waals surface area contributed by atoms with Crippen LogP contribution >= 0.6 is 0 Å². The van der Waals surface area contributed by atoms with Crippen molar-refractivity contribution in [1.29, 1.82) is 0 Å². The van der Waals surface area contributed by atoms with Crippen LogP contribution < -0.4 is 0 Å². The highest BCUT2D eigenvalue weighted by Gasteiger charge is 1.99. The molecule has 0 saturated carbocycles. The lowest BCUT2D eigenvalue weighted by molar-refractivity contribution is 0.469. The Hall–Kier alpha value is -1.50. The molecule has 0 spiro atoms. The van der Waals surface area contributed by atoms with Crippen LogP contribution in [0, 0.1) is 6.92 Å². The van der Waals surface area contributed by atoms with Crippen LogP contribution in [-0.2, 0) is 6.42 Å². The van der Waals surface area contributed by atoms with Crippen molar-refractivity contribution in [3.05, 3.63) is 52.6 Å². The third kappa shape index (κ3) is 5.22. The summed E-state index contributed by atoms with van der Waals surface area (Å²) in [6.45, 7) is 8.47. The molecule has 0 heterocycles. The Bertz CT molecular complexity index is 449. The van der Waals surface area contributed by atoms with Crippen molar-refractivity contribution < 1.29 is 5.11 Å². The maximum atomic E-state index is 9.76. The quantitative estimate of drug-likeness (QED) is 0.728. The summed E-state index contributed by atoms with van der Waals surface area (Å²) in [5.41, 5.74) is 4.96. The molecule has 0 amide bonds. The number of allylic oxidation sites excluding steroid dienone is 4. The highest BCUT2D eigenvalue weighted by Crippen LogP contribution is 2.20. The molecule has 0 bridgehead atoms. The van der Waals surface area contributed by atoms with E-state index in [9.17, 15) is 5.11 Å². The van der Waals surface area contributed by atoms with Crippen LogP contribution in [0.5, 0.6) is 5.75 Å². The molecule has 0 radical (unpaired) electrons. The zero-order valence-electron chi connectivity index (χ0n) is 12.0. The minimum Gasteiger partial charge on any atom is -0.508 e. The van der Waals surface area contributed by atoms with Gasteiger partial charge in [-0.15, -0.1) is 0 Å². The van der Waals surface area contributed by atoms with Crippen LogP contribution in [0.15, 0.2) is 41.5 Å².